The second-order valence-electron chi connectivity index (χ2n) is 4.03. The minimum atomic E-state index is -0.314. The Morgan fingerprint density at radius 1 is 1.28 bits per heavy atom. The molecule has 90 valence electrons. The number of hydrogen-bond donors (Lipinski definition) is 3. The van der Waals surface area contributed by atoms with E-state index in [-0.39, 0.29) is 11.4 Å². The Bertz CT molecular complexity index is 653. The van der Waals surface area contributed by atoms with E-state index in [4.69, 9.17) is 0 Å². The molecule has 0 saturated carbocycles. The van der Waals surface area contributed by atoms with Gasteiger partial charge in [-0.15, -0.1) is 12.6 Å². The van der Waals surface area contributed by atoms with Crippen LogP contribution in [0.2, 0.25) is 0 Å². The van der Waals surface area contributed by atoms with Crippen LogP contribution in [-0.4, -0.2) is 16.4 Å². The molecule has 1 aromatic heterocycles. The number of benzene rings is 1. The van der Waals surface area contributed by atoms with Gasteiger partial charge in [-0.2, -0.15) is 0 Å². The van der Waals surface area contributed by atoms with Crippen molar-refractivity contribution >= 4 is 35.5 Å². The molecule has 2 heterocycles. The van der Waals surface area contributed by atoms with Gasteiger partial charge < -0.3 is 10.6 Å². The Morgan fingerprint density at radius 2 is 2.17 bits per heavy atom. The standard InChI is InChI=1S/C13H11N3OS/c17-12-11(15-13(18)16-12)7-8-3-4-10-9(6-8)2-1-5-14-10/h1-7,13,15,18H,(H,16,17)/b11-7-. The molecule has 1 atom stereocenters. The third kappa shape index (κ3) is 2.04. The second kappa shape index (κ2) is 4.34. The van der Waals surface area contributed by atoms with Gasteiger partial charge in [0.2, 0.25) is 0 Å². The highest BCUT2D eigenvalue weighted by molar-refractivity contribution is 7.80. The van der Waals surface area contributed by atoms with Gasteiger partial charge >= 0.3 is 0 Å². The summed E-state index contributed by atoms with van der Waals surface area (Å²) in [4.78, 5) is 15.8. The first kappa shape index (κ1) is 11.1. The number of aromatic nitrogens is 1. The Morgan fingerprint density at radius 3 is 2.94 bits per heavy atom. The maximum atomic E-state index is 11.5. The fourth-order valence-corrected chi connectivity index (χ4v) is 2.16. The van der Waals surface area contributed by atoms with Crippen molar-refractivity contribution in [2.24, 2.45) is 0 Å². The van der Waals surface area contributed by atoms with Gasteiger partial charge in [0.25, 0.3) is 5.91 Å². The van der Waals surface area contributed by atoms with Crippen LogP contribution in [0.4, 0.5) is 0 Å². The zero-order valence-electron chi connectivity index (χ0n) is 9.42. The van der Waals surface area contributed by atoms with E-state index in [9.17, 15) is 4.79 Å². The number of amides is 1. The van der Waals surface area contributed by atoms with Crippen LogP contribution < -0.4 is 10.6 Å². The fraction of sp³-hybridized carbons (Fsp3) is 0.0769. The Balaban J connectivity index is 2.00. The number of thiol groups is 1. The average molecular weight is 257 g/mol. The van der Waals surface area contributed by atoms with Gasteiger partial charge in [0.1, 0.15) is 11.2 Å². The quantitative estimate of drug-likeness (QED) is 0.536. The number of carbonyl (C=O) groups excluding carboxylic acids is 1. The summed E-state index contributed by atoms with van der Waals surface area (Å²) in [6.45, 7) is 0. The van der Waals surface area contributed by atoms with Gasteiger partial charge in [0.05, 0.1) is 5.52 Å². The van der Waals surface area contributed by atoms with Crippen molar-refractivity contribution in [2.45, 2.75) is 5.50 Å². The zero-order chi connectivity index (χ0) is 12.5. The number of nitrogens with one attached hydrogen (secondary N) is 2. The van der Waals surface area contributed by atoms with Crippen molar-refractivity contribution in [3.8, 4) is 0 Å². The average Bonchev–Trinajstić information content (AvgIpc) is 2.68. The van der Waals surface area contributed by atoms with Crippen molar-refractivity contribution in [1.29, 1.82) is 0 Å². The first-order chi connectivity index (χ1) is 8.72. The number of hydrogen-bond acceptors (Lipinski definition) is 4. The Labute approximate surface area is 110 Å². The van der Waals surface area contributed by atoms with E-state index in [1.165, 1.54) is 0 Å². The molecule has 1 aromatic carbocycles. The summed E-state index contributed by atoms with van der Waals surface area (Å²) < 4.78 is 0. The van der Waals surface area contributed by atoms with Crippen LogP contribution in [0.1, 0.15) is 5.56 Å². The number of pyridine rings is 1. The lowest BCUT2D eigenvalue weighted by molar-refractivity contribution is -0.116. The smallest absolute Gasteiger partial charge is 0.269 e. The zero-order valence-corrected chi connectivity index (χ0v) is 10.3. The second-order valence-corrected chi connectivity index (χ2v) is 4.55. The third-order valence-electron chi connectivity index (χ3n) is 2.74. The van der Waals surface area contributed by atoms with Gasteiger partial charge in [0, 0.05) is 11.6 Å². The molecular weight excluding hydrogens is 246 g/mol. The molecule has 1 saturated heterocycles. The van der Waals surface area contributed by atoms with Crippen molar-refractivity contribution < 1.29 is 4.79 Å². The lowest BCUT2D eigenvalue weighted by atomic mass is 10.1. The summed E-state index contributed by atoms with van der Waals surface area (Å²) in [5, 5.41) is 6.66. The lowest BCUT2D eigenvalue weighted by Gasteiger charge is -2.01. The van der Waals surface area contributed by atoms with E-state index in [1.807, 2.05) is 30.3 Å². The van der Waals surface area contributed by atoms with E-state index in [1.54, 1.807) is 12.3 Å². The normalized spacial score (nSPS) is 21.1. The van der Waals surface area contributed by atoms with Gasteiger partial charge in [-0.3, -0.25) is 9.78 Å². The fourth-order valence-electron chi connectivity index (χ4n) is 1.91. The molecule has 2 aromatic rings. The van der Waals surface area contributed by atoms with E-state index in [2.05, 4.69) is 28.2 Å². The maximum Gasteiger partial charge on any atom is 0.269 e. The summed E-state index contributed by atoms with van der Waals surface area (Å²) >= 11 is 4.14. The van der Waals surface area contributed by atoms with Crippen molar-refractivity contribution in [2.75, 3.05) is 0 Å². The molecule has 0 radical (unpaired) electrons. The molecule has 1 aliphatic rings. The van der Waals surface area contributed by atoms with Crippen molar-refractivity contribution in [1.82, 2.24) is 15.6 Å². The first-order valence-corrected chi connectivity index (χ1v) is 6.06. The number of carbonyl (C=O) groups is 1. The van der Waals surface area contributed by atoms with E-state index in [0.29, 0.717) is 5.70 Å². The van der Waals surface area contributed by atoms with Gasteiger partial charge in [-0.1, -0.05) is 12.1 Å². The van der Waals surface area contributed by atoms with Gasteiger partial charge in [-0.05, 0) is 29.8 Å². The van der Waals surface area contributed by atoms with Crippen molar-refractivity contribution in [3.05, 3.63) is 47.8 Å². The van der Waals surface area contributed by atoms with E-state index >= 15 is 0 Å². The predicted molar refractivity (Wildman–Crippen MR) is 73.8 cm³/mol. The minimum Gasteiger partial charge on any atom is -0.352 e. The number of fused-ring (bicyclic) bond motifs is 1. The SMILES string of the molecule is O=C1NC(S)N/C1=C\c1ccc2ncccc2c1. The summed E-state index contributed by atoms with van der Waals surface area (Å²) in [7, 11) is 0. The van der Waals surface area contributed by atoms with Crippen LogP contribution in [-0.2, 0) is 4.79 Å². The van der Waals surface area contributed by atoms with Crippen LogP contribution >= 0.6 is 12.6 Å². The van der Waals surface area contributed by atoms with E-state index < -0.39 is 0 Å². The Hall–Kier alpha value is -2.01. The molecule has 0 spiro atoms. The highest BCUT2D eigenvalue weighted by atomic mass is 32.1. The van der Waals surface area contributed by atoms with Crippen LogP contribution in [0.25, 0.3) is 17.0 Å². The Kier molecular flexibility index (Phi) is 2.68. The van der Waals surface area contributed by atoms with Gasteiger partial charge in [0.15, 0.2) is 0 Å². The molecule has 4 nitrogen and oxygen atoms in total. The molecule has 0 bridgehead atoms. The number of nitrogens with zero attached hydrogens (tertiary/aromatic N) is 1. The highest BCUT2D eigenvalue weighted by Crippen LogP contribution is 2.16. The van der Waals surface area contributed by atoms with Crippen molar-refractivity contribution in [3.63, 3.8) is 0 Å². The topological polar surface area (TPSA) is 54.0 Å². The molecular formula is C13H11N3OS. The predicted octanol–water partition coefficient (Wildman–Crippen LogP) is 1.51. The van der Waals surface area contributed by atoms with Crippen LogP contribution in [0, 0.1) is 0 Å². The molecule has 18 heavy (non-hydrogen) atoms. The summed E-state index contributed by atoms with van der Waals surface area (Å²) in [6.07, 6.45) is 3.57. The lowest BCUT2D eigenvalue weighted by Crippen LogP contribution is -2.25. The maximum absolute atomic E-state index is 11.5. The molecule has 1 fully saturated rings. The summed E-state index contributed by atoms with van der Waals surface area (Å²) in [5.74, 6) is -0.138. The van der Waals surface area contributed by atoms with Crippen LogP contribution in [0.3, 0.4) is 0 Å². The third-order valence-corrected chi connectivity index (χ3v) is 3.00. The monoisotopic (exact) mass is 257 g/mol. The first-order valence-electron chi connectivity index (χ1n) is 5.54. The van der Waals surface area contributed by atoms with Gasteiger partial charge in [-0.25, -0.2) is 0 Å². The molecule has 1 amide bonds. The summed E-state index contributed by atoms with van der Waals surface area (Å²) in [6, 6.07) is 9.75. The molecule has 1 unspecified atom stereocenters. The molecule has 3 rings (SSSR count). The molecule has 0 aliphatic carbocycles. The minimum absolute atomic E-state index is 0.138. The molecule has 2 N–H and O–H groups in total. The largest absolute Gasteiger partial charge is 0.352 e. The van der Waals surface area contributed by atoms with Crippen LogP contribution in [0.5, 0.6) is 0 Å². The molecule has 5 heteroatoms. The number of rotatable bonds is 1. The van der Waals surface area contributed by atoms with E-state index in [0.717, 1.165) is 16.5 Å². The highest BCUT2D eigenvalue weighted by Gasteiger charge is 2.21. The summed E-state index contributed by atoms with van der Waals surface area (Å²) in [5.41, 5.74) is 2.11. The molecule has 1 aliphatic heterocycles. The van der Waals surface area contributed by atoms with Crippen LogP contribution in [0.15, 0.2) is 42.2 Å².